The lowest BCUT2D eigenvalue weighted by Crippen LogP contribution is -2.44. The van der Waals surface area contributed by atoms with Gasteiger partial charge in [0.05, 0.1) is 0 Å². The molecule has 0 radical (unpaired) electrons. The molecule has 1 aromatic carbocycles. The summed E-state index contributed by atoms with van der Waals surface area (Å²) < 4.78 is 52.7. The van der Waals surface area contributed by atoms with E-state index < -0.39 is 23.1 Å². The topological polar surface area (TPSA) is 26.0 Å². The van der Waals surface area contributed by atoms with Gasteiger partial charge >= 0.3 is 0 Å². The molecule has 0 atom stereocenters. The van der Waals surface area contributed by atoms with E-state index in [1.54, 1.807) is 0 Å². The minimum Gasteiger partial charge on any atom is -0.321 e. The Morgan fingerprint density at radius 2 is 1.59 bits per heavy atom. The lowest BCUT2D eigenvalue weighted by molar-refractivity contribution is -0.0518. The zero-order valence-electron chi connectivity index (χ0n) is 9.15. The van der Waals surface area contributed by atoms with Crippen LogP contribution in [0.15, 0.2) is 18.2 Å². The molecule has 1 nitrogen and oxygen atoms in total. The Morgan fingerprint density at radius 3 is 2.18 bits per heavy atom. The van der Waals surface area contributed by atoms with E-state index in [2.05, 4.69) is 0 Å². The van der Waals surface area contributed by atoms with Gasteiger partial charge in [-0.15, -0.1) is 0 Å². The highest BCUT2D eigenvalue weighted by atomic mass is 19.3. The van der Waals surface area contributed by atoms with E-state index in [9.17, 15) is 17.6 Å². The van der Waals surface area contributed by atoms with E-state index in [0.29, 0.717) is 0 Å². The van der Waals surface area contributed by atoms with Crippen LogP contribution in [0, 0.1) is 11.6 Å². The maximum Gasteiger partial charge on any atom is 0.248 e. The summed E-state index contributed by atoms with van der Waals surface area (Å²) in [4.78, 5) is 0. The summed E-state index contributed by atoms with van der Waals surface area (Å²) in [5.41, 5.74) is 4.74. The van der Waals surface area contributed by atoms with Gasteiger partial charge in [0.25, 0.3) is 0 Å². The number of hydrogen-bond donors (Lipinski definition) is 1. The molecule has 1 fully saturated rings. The van der Waals surface area contributed by atoms with Crippen LogP contribution in [-0.2, 0) is 5.54 Å². The second-order valence-electron chi connectivity index (χ2n) is 4.61. The van der Waals surface area contributed by atoms with E-state index in [-0.39, 0.29) is 31.2 Å². The predicted octanol–water partition coefficient (Wildman–Crippen LogP) is 3.33. The van der Waals surface area contributed by atoms with Gasteiger partial charge in [0.1, 0.15) is 0 Å². The van der Waals surface area contributed by atoms with Gasteiger partial charge in [-0.1, -0.05) is 12.1 Å². The second kappa shape index (κ2) is 3.98. The van der Waals surface area contributed by atoms with Gasteiger partial charge in [0.2, 0.25) is 5.92 Å². The van der Waals surface area contributed by atoms with E-state index in [4.69, 9.17) is 5.73 Å². The van der Waals surface area contributed by atoms with Crippen LogP contribution in [0.25, 0.3) is 0 Å². The van der Waals surface area contributed by atoms with E-state index in [1.165, 1.54) is 12.1 Å². The number of hydrogen-bond acceptors (Lipinski definition) is 1. The van der Waals surface area contributed by atoms with E-state index >= 15 is 0 Å². The van der Waals surface area contributed by atoms with Crippen molar-refractivity contribution >= 4 is 0 Å². The van der Waals surface area contributed by atoms with Crippen LogP contribution in [0.1, 0.15) is 31.2 Å². The Morgan fingerprint density at radius 1 is 1.00 bits per heavy atom. The molecule has 94 valence electrons. The molecule has 1 aromatic rings. The van der Waals surface area contributed by atoms with Gasteiger partial charge in [0.15, 0.2) is 11.6 Å². The van der Waals surface area contributed by atoms with Crippen LogP contribution in [-0.4, -0.2) is 5.92 Å². The number of benzene rings is 1. The quantitative estimate of drug-likeness (QED) is 0.757. The van der Waals surface area contributed by atoms with Crippen molar-refractivity contribution < 1.29 is 17.6 Å². The smallest absolute Gasteiger partial charge is 0.248 e. The normalized spacial score (nSPS) is 22.4. The highest BCUT2D eigenvalue weighted by molar-refractivity contribution is 5.27. The zero-order chi connectivity index (χ0) is 12.7. The monoisotopic (exact) mass is 247 g/mol. The van der Waals surface area contributed by atoms with Crippen molar-refractivity contribution in [3.8, 4) is 0 Å². The highest BCUT2D eigenvalue weighted by Gasteiger charge is 2.43. The third-order valence-electron chi connectivity index (χ3n) is 3.36. The molecule has 0 unspecified atom stereocenters. The third kappa shape index (κ3) is 2.29. The molecule has 0 saturated heterocycles. The molecule has 1 aliphatic rings. The molecule has 1 aliphatic carbocycles. The number of halogens is 4. The molecule has 0 spiro atoms. The molecular weight excluding hydrogens is 234 g/mol. The average molecular weight is 247 g/mol. The minimum absolute atomic E-state index is 0.00648. The van der Waals surface area contributed by atoms with Crippen molar-refractivity contribution in [1.82, 2.24) is 0 Å². The lowest BCUT2D eigenvalue weighted by Gasteiger charge is -2.37. The first-order chi connectivity index (χ1) is 7.84. The Labute approximate surface area is 96.6 Å². The number of alkyl halides is 2. The molecule has 0 aromatic heterocycles. The largest absolute Gasteiger partial charge is 0.321 e. The molecule has 0 aliphatic heterocycles. The lowest BCUT2D eigenvalue weighted by atomic mass is 9.76. The molecule has 2 N–H and O–H groups in total. The SMILES string of the molecule is NC1(c2cccc(F)c2F)CCC(F)(F)CC1. The summed E-state index contributed by atoms with van der Waals surface area (Å²) in [6.07, 6.45) is -0.861. The van der Waals surface area contributed by atoms with Crippen LogP contribution in [0.3, 0.4) is 0 Å². The third-order valence-corrected chi connectivity index (χ3v) is 3.36. The minimum atomic E-state index is -2.74. The Bertz CT molecular complexity index is 421. The summed E-state index contributed by atoms with van der Waals surface area (Å²) in [6.45, 7) is 0. The molecule has 0 amide bonds. The van der Waals surface area contributed by atoms with Crippen molar-refractivity contribution in [1.29, 1.82) is 0 Å². The summed E-state index contributed by atoms with van der Waals surface area (Å²) >= 11 is 0. The van der Waals surface area contributed by atoms with Crippen LogP contribution in [0.5, 0.6) is 0 Å². The predicted molar refractivity (Wildman–Crippen MR) is 55.6 cm³/mol. The van der Waals surface area contributed by atoms with E-state index in [0.717, 1.165) is 6.07 Å². The van der Waals surface area contributed by atoms with Crippen LogP contribution < -0.4 is 5.73 Å². The molecule has 17 heavy (non-hydrogen) atoms. The maximum atomic E-state index is 13.6. The van der Waals surface area contributed by atoms with Crippen LogP contribution >= 0.6 is 0 Å². The second-order valence-corrected chi connectivity index (χ2v) is 4.61. The average Bonchev–Trinajstić information content (AvgIpc) is 2.27. The van der Waals surface area contributed by atoms with Gasteiger partial charge in [-0.2, -0.15) is 0 Å². The Kier molecular flexibility index (Phi) is 2.89. The maximum absolute atomic E-state index is 13.6. The Balaban J connectivity index is 2.31. The Hall–Kier alpha value is -1.10. The standard InChI is InChI=1S/C12H13F4N/c13-9-3-1-2-8(10(9)14)11(17)4-6-12(15,16)7-5-11/h1-3H,4-7,17H2. The number of nitrogens with two attached hydrogens (primary N) is 1. The molecule has 5 heteroatoms. The van der Waals surface area contributed by atoms with E-state index in [1.807, 2.05) is 0 Å². The molecule has 2 rings (SSSR count). The molecule has 0 heterocycles. The van der Waals surface area contributed by atoms with Gasteiger partial charge < -0.3 is 5.73 Å². The first-order valence-corrected chi connectivity index (χ1v) is 5.45. The fourth-order valence-corrected chi connectivity index (χ4v) is 2.22. The van der Waals surface area contributed by atoms with Crippen molar-refractivity contribution in [3.63, 3.8) is 0 Å². The molecule has 0 bridgehead atoms. The van der Waals surface area contributed by atoms with Crippen molar-refractivity contribution in [3.05, 3.63) is 35.4 Å². The zero-order valence-corrected chi connectivity index (χ0v) is 9.15. The van der Waals surface area contributed by atoms with Crippen molar-refractivity contribution in [2.75, 3.05) is 0 Å². The summed E-state index contributed by atoms with van der Waals surface area (Å²) in [5, 5.41) is 0. The fourth-order valence-electron chi connectivity index (χ4n) is 2.22. The van der Waals surface area contributed by atoms with Gasteiger partial charge in [0, 0.05) is 23.9 Å². The molecular formula is C12H13F4N. The highest BCUT2D eigenvalue weighted by Crippen LogP contribution is 2.42. The first kappa shape index (κ1) is 12.4. The summed E-state index contributed by atoms with van der Waals surface area (Å²) in [6, 6.07) is 3.69. The fraction of sp³-hybridized carbons (Fsp3) is 0.500. The van der Waals surface area contributed by atoms with Crippen LogP contribution in [0.2, 0.25) is 0 Å². The van der Waals surface area contributed by atoms with Gasteiger partial charge in [-0.25, -0.2) is 17.6 Å². The summed E-state index contributed by atoms with van der Waals surface area (Å²) in [5.74, 6) is -4.77. The molecule has 1 saturated carbocycles. The first-order valence-electron chi connectivity index (χ1n) is 5.45. The van der Waals surface area contributed by atoms with Gasteiger partial charge in [-0.3, -0.25) is 0 Å². The summed E-state index contributed by atoms with van der Waals surface area (Å²) in [7, 11) is 0. The van der Waals surface area contributed by atoms with Crippen molar-refractivity contribution in [2.45, 2.75) is 37.1 Å². The van der Waals surface area contributed by atoms with Crippen LogP contribution in [0.4, 0.5) is 17.6 Å². The van der Waals surface area contributed by atoms with Crippen molar-refractivity contribution in [2.24, 2.45) is 5.73 Å². The van der Waals surface area contributed by atoms with Gasteiger partial charge in [-0.05, 0) is 18.9 Å². The number of rotatable bonds is 1.